The van der Waals surface area contributed by atoms with E-state index in [0.29, 0.717) is 30.8 Å². The van der Waals surface area contributed by atoms with Gasteiger partial charge in [0, 0.05) is 13.1 Å². The number of halogens is 2. The molecule has 0 aliphatic carbocycles. The molecule has 0 unspecified atom stereocenters. The van der Waals surface area contributed by atoms with Gasteiger partial charge in [-0.25, -0.2) is 9.18 Å². The number of methoxy groups -OCH3 is 1. The number of hydrogen-bond acceptors (Lipinski definition) is 3. The molecular weight excluding hydrogens is 321 g/mol. The van der Waals surface area contributed by atoms with E-state index in [-0.39, 0.29) is 11.1 Å². The van der Waals surface area contributed by atoms with Crippen molar-refractivity contribution in [1.29, 1.82) is 0 Å². The van der Waals surface area contributed by atoms with Crippen LogP contribution in [0.15, 0.2) is 18.2 Å². The van der Waals surface area contributed by atoms with E-state index >= 15 is 0 Å². The maximum Gasteiger partial charge on any atom is 0.410 e. The molecule has 0 aromatic heterocycles. The molecule has 1 aliphatic rings. The van der Waals surface area contributed by atoms with Gasteiger partial charge in [0.05, 0.1) is 7.11 Å². The molecule has 6 heteroatoms. The Hall–Kier alpha value is -1.75. The number of rotatable bonds is 2. The average molecular weight is 342 g/mol. The number of hydrogen-bond donors (Lipinski definition) is 0. The Morgan fingerprint density at radius 3 is 2.57 bits per heavy atom. The SMILES string of the molecule is COc1cc(C2=CCN(C(=O)OC(C)(C)C)CC2)cc(F)c1Cl. The lowest BCUT2D eigenvalue weighted by Crippen LogP contribution is -2.39. The third-order valence-corrected chi connectivity index (χ3v) is 3.81. The van der Waals surface area contributed by atoms with Crippen LogP contribution in [-0.2, 0) is 4.74 Å². The molecule has 23 heavy (non-hydrogen) atoms. The zero-order valence-electron chi connectivity index (χ0n) is 13.8. The second-order valence-electron chi connectivity index (χ2n) is 6.38. The Balaban J connectivity index is 2.13. The van der Waals surface area contributed by atoms with Gasteiger partial charge in [-0.15, -0.1) is 0 Å². The third-order valence-electron chi connectivity index (χ3n) is 3.45. The molecule has 126 valence electrons. The van der Waals surface area contributed by atoms with Crippen LogP contribution in [0.5, 0.6) is 5.75 Å². The van der Waals surface area contributed by atoms with Gasteiger partial charge in [-0.3, -0.25) is 0 Å². The number of carbonyl (C=O) groups excluding carboxylic acids is 1. The summed E-state index contributed by atoms with van der Waals surface area (Å²) in [6.45, 7) is 6.45. The van der Waals surface area contributed by atoms with Crippen molar-refractivity contribution in [1.82, 2.24) is 4.90 Å². The lowest BCUT2D eigenvalue weighted by Gasteiger charge is -2.29. The molecule has 0 atom stereocenters. The first-order valence-corrected chi connectivity index (χ1v) is 7.79. The number of ether oxygens (including phenoxy) is 2. The molecule has 0 saturated heterocycles. The highest BCUT2D eigenvalue weighted by atomic mass is 35.5. The van der Waals surface area contributed by atoms with Crippen LogP contribution in [0.25, 0.3) is 5.57 Å². The second-order valence-corrected chi connectivity index (χ2v) is 6.76. The Labute approximate surface area is 140 Å². The quantitative estimate of drug-likeness (QED) is 0.794. The molecular formula is C17H21ClFNO3. The van der Waals surface area contributed by atoms with Gasteiger partial charge in [0.2, 0.25) is 0 Å². The number of nitrogens with zero attached hydrogens (tertiary/aromatic N) is 1. The van der Waals surface area contributed by atoms with Crippen molar-refractivity contribution >= 4 is 23.3 Å². The predicted octanol–water partition coefficient (Wildman–Crippen LogP) is 4.51. The summed E-state index contributed by atoms with van der Waals surface area (Å²) in [6, 6.07) is 3.10. The molecule has 0 fully saturated rings. The molecule has 0 spiro atoms. The van der Waals surface area contributed by atoms with E-state index in [1.807, 2.05) is 26.8 Å². The van der Waals surface area contributed by atoms with Gasteiger partial charge in [-0.1, -0.05) is 17.7 Å². The zero-order valence-corrected chi connectivity index (χ0v) is 14.5. The van der Waals surface area contributed by atoms with Crippen LogP contribution in [0.1, 0.15) is 32.8 Å². The van der Waals surface area contributed by atoms with Gasteiger partial charge < -0.3 is 14.4 Å². The van der Waals surface area contributed by atoms with E-state index in [1.54, 1.807) is 11.0 Å². The second kappa shape index (κ2) is 6.79. The fourth-order valence-electron chi connectivity index (χ4n) is 2.32. The summed E-state index contributed by atoms with van der Waals surface area (Å²) in [6.07, 6.45) is 2.17. The van der Waals surface area contributed by atoms with Crippen LogP contribution >= 0.6 is 11.6 Å². The first-order chi connectivity index (χ1) is 10.7. The van der Waals surface area contributed by atoms with Crippen LogP contribution in [0.2, 0.25) is 5.02 Å². The first-order valence-electron chi connectivity index (χ1n) is 7.41. The van der Waals surface area contributed by atoms with Crippen LogP contribution in [0.3, 0.4) is 0 Å². The Morgan fingerprint density at radius 1 is 1.35 bits per heavy atom. The first kappa shape index (κ1) is 17.6. The molecule has 0 bridgehead atoms. The number of amides is 1. The van der Waals surface area contributed by atoms with Gasteiger partial charge in [0.15, 0.2) is 0 Å². The summed E-state index contributed by atoms with van der Waals surface area (Å²) < 4.78 is 24.3. The van der Waals surface area contributed by atoms with E-state index in [4.69, 9.17) is 21.1 Å². The van der Waals surface area contributed by atoms with E-state index in [0.717, 1.165) is 5.57 Å². The molecule has 1 amide bonds. The van der Waals surface area contributed by atoms with Crippen molar-refractivity contribution in [2.24, 2.45) is 0 Å². The summed E-state index contributed by atoms with van der Waals surface area (Å²) in [5, 5.41) is -0.0250. The summed E-state index contributed by atoms with van der Waals surface area (Å²) in [4.78, 5) is 13.7. The summed E-state index contributed by atoms with van der Waals surface area (Å²) in [5.74, 6) is -0.214. The molecule has 1 heterocycles. The lowest BCUT2D eigenvalue weighted by molar-refractivity contribution is 0.0270. The maximum absolute atomic E-state index is 13.8. The maximum atomic E-state index is 13.8. The van der Waals surface area contributed by atoms with Crippen molar-refractivity contribution in [3.05, 3.63) is 34.6 Å². The molecule has 0 saturated carbocycles. The lowest BCUT2D eigenvalue weighted by atomic mass is 9.99. The van der Waals surface area contributed by atoms with Crippen molar-refractivity contribution in [3.8, 4) is 5.75 Å². The number of carbonyl (C=O) groups is 1. The van der Waals surface area contributed by atoms with Crippen LogP contribution in [0.4, 0.5) is 9.18 Å². The Morgan fingerprint density at radius 2 is 2.04 bits per heavy atom. The van der Waals surface area contributed by atoms with Gasteiger partial charge in [-0.2, -0.15) is 0 Å². The highest BCUT2D eigenvalue weighted by Gasteiger charge is 2.24. The van der Waals surface area contributed by atoms with Gasteiger partial charge in [0.1, 0.15) is 22.2 Å². The van der Waals surface area contributed by atoms with E-state index in [9.17, 15) is 9.18 Å². The fourth-order valence-corrected chi connectivity index (χ4v) is 2.51. The van der Waals surface area contributed by atoms with Crippen LogP contribution < -0.4 is 4.74 Å². The monoisotopic (exact) mass is 341 g/mol. The summed E-state index contributed by atoms with van der Waals surface area (Å²) in [5.41, 5.74) is 1.15. The largest absolute Gasteiger partial charge is 0.495 e. The zero-order chi connectivity index (χ0) is 17.2. The predicted molar refractivity (Wildman–Crippen MR) is 88.4 cm³/mol. The van der Waals surface area contributed by atoms with E-state index < -0.39 is 11.4 Å². The molecule has 1 aliphatic heterocycles. The highest BCUT2D eigenvalue weighted by Crippen LogP contribution is 2.33. The molecule has 1 aromatic rings. The van der Waals surface area contributed by atoms with E-state index in [1.165, 1.54) is 13.2 Å². The minimum absolute atomic E-state index is 0.0250. The van der Waals surface area contributed by atoms with Crippen LogP contribution in [0, 0.1) is 5.82 Å². The average Bonchev–Trinajstić information content (AvgIpc) is 2.48. The Kier molecular flexibility index (Phi) is 5.19. The van der Waals surface area contributed by atoms with Gasteiger partial charge >= 0.3 is 6.09 Å². The fraction of sp³-hybridized carbons (Fsp3) is 0.471. The van der Waals surface area contributed by atoms with E-state index in [2.05, 4.69) is 0 Å². The normalized spacial score (nSPS) is 15.2. The molecule has 0 N–H and O–H groups in total. The summed E-state index contributed by atoms with van der Waals surface area (Å²) in [7, 11) is 1.45. The Bertz CT molecular complexity index is 637. The summed E-state index contributed by atoms with van der Waals surface area (Å²) >= 11 is 5.84. The van der Waals surface area contributed by atoms with Crippen LogP contribution in [-0.4, -0.2) is 36.8 Å². The molecule has 0 radical (unpaired) electrons. The molecule has 4 nitrogen and oxygen atoms in total. The number of benzene rings is 1. The minimum Gasteiger partial charge on any atom is -0.495 e. The third kappa shape index (κ3) is 4.38. The van der Waals surface area contributed by atoms with Crippen molar-refractivity contribution in [3.63, 3.8) is 0 Å². The van der Waals surface area contributed by atoms with Crippen molar-refractivity contribution < 1.29 is 18.7 Å². The smallest absolute Gasteiger partial charge is 0.410 e. The standard InChI is InChI=1S/C17H21ClFNO3/c1-17(2,3)23-16(21)20-7-5-11(6-8-20)12-9-13(19)15(18)14(10-12)22-4/h5,9-10H,6-8H2,1-4H3. The van der Waals surface area contributed by atoms with Gasteiger partial charge in [-0.05, 0) is 50.5 Å². The van der Waals surface area contributed by atoms with Crippen molar-refractivity contribution in [2.45, 2.75) is 32.8 Å². The molecule has 2 rings (SSSR count). The topological polar surface area (TPSA) is 38.8 Å². The molecule has 1 aromatic carbocycles. The van der Waals surface area contributed by atoms with Gasteiger partial charge in [0.25, 0.3) is 0 Å². The minimum atomic E-state index is -0.520. The highest BCUT2D eigenvalue weighted by molar-refractivity contribution is 6.32. The van der Waals surface area contributed by atoms with Crippen molar-refractivity contribution in [2.75, 3.05) is 20.2 Å².